The van der Waals surface area contributed by atoms with Gasteiger partial charge in [-0.2, -0.15) is 0 Å². The monoisotopic (exact) mass is 539 g/mol. The number of aryl methyl sites for hydroxylation is 2. The van der Waals surface area contributed by atoms with Gasteiger partial charge in [0.25, 0.3) is 5.91 Å². The van der Waals surface area contributed by atoms with E-state index in [0.717, 1.165) is 33.5 Å². The molecule has 1 aliphatic rings. The first-order valence-electron chi connectivity index (χ1n) is 12.9. The predicted octanol–water partition coefficient (Wildman–Crippen LogP) is 5.12. The molecule has 0 bridgehead atoms. The summed E-state index contributed by atoms with van der Waals surface area (Å²) in [7, 11) is 0. The lowest BCUT2D eigenvalue weighted by Gasteiger charge is -2.42. The van der Waals surface area contributed by atoms with Gasteiger partial charge in [-0.1, -0.05) is 0 Å². The van der Waals surface area contributed by atoms with Crippen LogP contribution in [0.5, 0.6) is 0 Å². The summed E-state index contributed by atoms with van der Waals surface area (Å²) in [6.45, 7) is 5.96. The van der Waals surface area contributed by atoms with Gasteiger partial charge in [-0.05, 0) is 92.1 Å². The molecule has 0 spiro atoms. The van der Waals surface area contributed by atoms with Gasteiger partial charge in [-0.3, -0.25) is 14.6 Å². The van der Waals surface area contributed by atoms with Crippen molar-refractivity contribution in [2.75, 3.05) is 18.8 Å². The highest BCUT2D eigenvalue weighted by molar-refractivity contribution is 5.95. The molecular formula is C31H30FN5O3. The number of nitrogens with one attached hydrogen (secondary N) is 1. The summed E-state index contributed by atoms with van der Waals surface area (Å²) in [4.78, 5) is 34.7. The number of anilines is 1. The van der Waals surface area contributed by atoms with E-state index in [1.165, 1.54) is 17.9 Å². The highest BCUT2D eigenvalue weighted by atomic mass is 19.1. The largest absolute Gasteiger partial charge is 0.459 e. The van der Waals surface area contributed by atoms with Gasteiger partial charge in [0, 0.05) is 29.6 Å². The van der Waals surface area contributed by atoms with E-state index >= 15 is 0 Å². The van der Waals surface area contributed by atoms with Crippen LogP contribution in [0.2, 0.25) is 0 Å². The lowest BCUT2D eigenvalue weighted by molar-refractivity contribution is -0.116. The van der Waals surface area contributed by atoms with E-state index in [9.17, 15) is 14.0 Å². The maximum Gasteiger partial charge on any atom is 0.255 e. The number of furan rings is 1. The van der Waals surface area contributed by atoms with E-state index in [-0.39, 0.29) is 31.4 Å². The molecule has 0 saturated carbocycles. The zero-order valence-electron chi connectivity index (χ0n) is 22.6. The molecule has 1 fully saturated rings. The van der Waals surface area contributed by atoms with Gasteiger partial charge >= 0.3 is 0 Å². The molecule has 0 aliphatic carbocycles. The highest BCUT2D eigenvalue weighted by Crippen LogP contribution is 2.33. The van der Waals surface area contributed by atoms with Gasteiger partial charge in [-0.25, -0.2) is 9.37 Å². The molecule has 5 rings (SSSR count). The molecule has 0 unspecified atom stereocenters. The Bertz CT molecular complexity index is 1560. The van der Waals surface area contributed by atoms with Gasteiger partial charge in [0.2, 0.25) is 5.91 Å². The van der Waals surface area contributed by atoms with Gasteiger partial charge in [0.15, 0.2) is 0 Å². The number of pyridine rings is 2. The van der Waals surface area contributed by atoms with Crippen molar-refractivity contribution in [1.82, 2.24) is 20.2 Å². The van der Waals surface area contributed by atoms with Crippen molar-refractivity contribution in [2.45, 2.75) is 33.0 Å². The fraction of sp³-hybridized carbons (Fsp3) is 0.226. The number of likely N-dealkylation sites (tertiary alicyclic amines) is 1. The molecule has 4 heterocycles. The third kappa shape index (κ3) is 5.93. The number of hydrogen-bond acceptors (Lipinski definition) is 6. The summed E-state index contributed by atoms with van der Waals surface area (Å²) in [6.07, 6.45) is 6.23. The number of halogens is 1. The molecule has 2 amide bonds. The van der Waals surface area contributed by atoms with Crippen LogP contribution in [0.3, 0.4) is 0 Å². The van der Waals surface area contributed by atoms with Crippen LogP contribution in [-0.4, -0.2) is 45.4 Å². The van der Waals surface area contributed by atoms with Crippen LogP contribution < -0.4 is 11.1 Å². The molecule has 0 atom stereocenters. The number of alkyl halides is 1. The third-order valence-electron chi connectivity index (χ3n) is 6.75. The Balaban J connectivity index is 1.23. The third-order valence-corrected chi connectivity index (χ3v) is 6.75. The molecule has 0 radical (unpaired) electrons. The number of carbonyl (C=O) groups excluding carboxylic acids is 2. The minimum Gasteiger partial charge on any atom is -0.459 e. The maximum absolute atomic E-state index is 13.8. The molecular weight excluding hydrogens is 509 g/mol. The standard InChI is InChI=1S/C31H30FN5O3/c1-19-12-23(25-8-6-22(15-34-25)30(39)37-17-31(3,32)18-37)13-20(2)29(19)26-9-7-24(40-26)16-36-28(38)11-5-21-4-10-27(33)35-14-21/h4-15H,16-18H2,1-3H3,(H2,33,35)(H,36,38)/b11-5+. The number of rotatable bonds is 7. The number of nitrogens with zero attached hydrogens (tertiary/aromatic N) is 3. The average molecular weight is 540 g/mol. The van der Waals surface area contributed by atoms with Crippen molar-refractivity contribution in [3.8, 4) is 22.6 Å². The highest BCUT2D eigenvalue weighted by Gasteiger charge is 2.41. The Kier molecular flexibility index (Phi) is 7.21. The minimum atomic E-state index is -1.31. The lowest BCUT2D eigenvalue weighted by Crippen LogP contribution is -2.59. The Morgan fingerprint density at radius 2 is 1.82 bits per heavy atom. The van der Waals surface area contributed by atoms with Crippen molar-refractivity contribution in [3.05, 3.63) is 95.0 Å². The molecule has 3 aromatic heterocycles. The first-order valence-corrected chi connectivity index (χ1v) is 12.9. The van der Waals surface area contributed by atoms with Crippen LogP contribution in [0.1, 0.15) is 39.7 Å². The van der Waals surface area contributed by atoms with Crippen molar-refractivity contribution in [3.63, 3.8) is 0 Å². The number of benzene rings is 1. The number of hydrogen-bond donors (Lipinski definition) is 2. The van der Waals surface area contributed by atoms with E-state index in [1.54, 1.807) is 42.7 Å². The van der Waals surface area contributed by atoms with E-state index in [4.69, 9.17) is 10.2 Å². The smallest absolute Gasteiger partial charge is 0.255 e. The predicted molar refractivity (Wildman–Crippen MR) is 152 cm³/mol. The van der Waals surface area contributed by atoms with Crippen LogP contribution in [0, 0.1) is 13.8 Å². The summed E-state index contributed by atoms with van der Waals surface area (Å²) in [6, 6.07) is 14.8. The maximum atomic E-state index is 13.8. The van der Waals surface area contributed by atoms with E-state index in [1.807, 2.05) is 38.1 Å². The topological polar surface area (TPSA) is 114 Å². The second kappa shape index (κ2) is 10.8. The zero-order chi connectivity index (χ0) is 28.4. The van der Waals surface area contributed by atoms with Crippen LogP contribution in [0.25, 0.3) is 28.7 Å². The second-order valence-corrected chi connectivity index (χ2v) is 10.3. The Morgan fingerprint density at radius 3 is 2.45 bits per heavy atom. The van der Waals surface area contributed by atoms with Gasteiger partial charge in [-0.15, -0.1) is 0 Å². The molecule has 204 valence electrons. The molecule has 8 nitrogen and oxygen atoms in total. The molecule has 3 N–H and O–H groups in total. The fourth-order valence-corrected chi connectivity index (χ4v) is 4.79. The second-order valence-electron chi connectivity index (χ2n) is 10.3. The lowest BCUT2D eigenvalue weighted by atomic mass is 9.95. The van der Waals surface area contributed by atoms with Crippen LogP contribution in [-0.2, 0) is 11.3 Å². The van der Waals surface area contributed by atoms with Crippen LogP contribution in [0.4, 0.5) is 10.2 Å². The summed E-state index contributed by atoms with van der Waals surface area (Å²) in [5.41, 5.74) is 10.1. The zero-order valence-corrected chi connectivity index (χ0v) is 22.6. The molecule has 1 aliphatic heterocycles. The molecule has 1 saturated heterocycles. The van der Waals surface area contributed by atoms with Crippen LogP contribution >= 0.6 is 0 Å². The quantitative estimate of drug-likeness (QED) is 0.315. The molecule has 4 aromatic rings. The number of carbonyl (C=O) groups is 2. The molecule has 9 heteroatoms. The van der Waals surface area contributed by atoms with Crippen LogP contribution in [0.15, 0.2) is 71.4 Å². The molecule has 40 heavy (non-hydrogen) atoms. The van der Waals surface area contributed by atoms with Crippen molar-refractivity contribution < 1.29 is 18.4 Å². The van der Waals surface area contributed by atoms with E-state index in [2.05, 4.69) is 15.3 Å². The van der Waals surface area contributed by atoms with Gasteiger partial charge in [0.05, 0.1) is 30.9 Å². The summed E-state index contributed by atoms with van der Waals surface area (Å²) >= 11 is 0. The Morgan fingerprint density at radius 1 is 1.07 bits per heavy atom. The first-order chi connectivity index (χ1) is 19.1. The number of nitrogen functional groups attached to an aromatic ring is 1. The number of amides is 2. The first kappa shape index (κ1) is 26.8. The SMILES string of the molecule is Cc1cc(-c2ccc(C(=O)N3CC(C)(F)C3)cn2)cc(C)c1-c1ccc(CNC(=O)/C=C/c2ccc(N)nc2)o1. The number of aromatic nitrogens is 2. The van der Waals surface area contributed by atoms with E-state index in [0.29, 0.717) is 22.9 Å². The van der Waals surface area contributed by atoms with Crippen molar-refractivity contribution in [1.29, 1.82) is 0 Å². The van der Waals surface area contributed by atoms with Gasteiger partial charge < -0.3 is 20.4 Å². The number of nitrogens with two attached hydrogens (primary N) is 1. The normalized spacial score (nSPS) is 14.2. The van der Waals surface area contributed by atoms with Crippen molar-refractivity contribution in [2.24, 2.45) is 0 Å². The van der Waals surface area contributed by atoms with Gasteiger partial charge in [0.1, 0.15) is 23.0 Å². The average Bonchev–Trinajstić information content (AvgIpc) is 3.38. The Hall–Kier alpha value is -4.79. The van der Waals surface area contributed by atoms with Crippen molar-refractivity contribution >= 4 is 23.7 Å². The fourth-order valence-electron chi connectivity index (χ4n) is 4.79. The summed E-state index contributed by atoms with van der Waals surface area (Å²) < 4.78 is 19.8. The van der Waals surface area contributed by atoms with E-state index < -0.39 is 5.67 Å². The Labute approximate surface area is 231 Å². The molecule has 1 aromatic carbocycles. The summed E-state index contributed by atoms with van der Waals surface area (Å²) in [5.74, 6) is 1.29. The minimum absolute atomic E-state index is 0.105. The summed E-state index contributed by atoms with van der Waals surface area (Å²) in [5, 5.41) is 2.82.